The maximum absolute atomic E-state index is 6.75. The number of hydrogen-bond acceptors (Lipinski definition) is 4. The predicted octanol–water partition coefficient (Wildman–Crippen LogP) is 7.66. The van der Waals surface area contributed by atoms with Crippen LogP contribution in [0.1, 0.15) is 28.7 Å². The Bertz CT molecular complexity index is 1260. The van der Waals surface area contributed by atoms with Crippen LogP contribution in [-0.4, -0.2) is 24.4 Å². The minimum absolute atomic E-state index is 0.0834. The molecule has 0 bridgehead atoms. The van der Waals surface area contributed by atoms with Gasteiger partial charge in [0.15, 0.2) is 0 Å². The number of benzene rings is 4. The van der Waals surface area contributed by atoms with Gasteiger partial charge in [0.25, 0.3) is 0 Å². The number of hydrogen-bond donors (Lipinski definition) is 1. The molecule has 4 aromatic carbocycles. The van der Waals surface area contributed by atoms with Crippen molar-refractivity contribution < 1.29 is 14.2 Å². The summed E-state index contributed by atoms with van der Waals surface area (Å²) >= 11 is 0. The first-order valence-corrected chi connectivity index (χ1v) is 14.2. The Morgan fingerprint density at radius 3 is 1.39 bits per heavy atom. The van der Waals surface area contributed by atoms with Crippen LogP contribution in [0.4, 0.5) is 0 Å². The highest BCUT2D eigenvalue weighted by molar-refractivity contribution is 5.17. The van der Waals surface area contributed by atoms with Crippen molar-refractivity contribution in [1.29, 1.82) is 0 Å². The van der Waals surface area contributed by atoms with Gasteiger partial charge in [-0.3, -0.25) is 0 Å². The van der Waals surface area contributed by atoms with Crippen LogP contribution in [-0.2, 0) is 40.6 Å². The van der Waals surface area contributed by atoms with Gasteiger partial charge in [-0.2, -0.15) is 0 Å². The molecule has 212 valence electrons. The topological polar surface area (TPSA) is 39.7 Å². The van der Waals surface area contributed by atoms with E-state index in [0.717, 1.165) is 16.7 Å². The molecule has 4 heteroatoms. The van der Waals surface area contributed by atoms with Crippen molar-refractivity contribution in [2.45, 2.75) is 57.1 Å². The molecular weight excluding hydrogens is 506 g/mol. The summed E-state index contributed by atoms with van der Waals surface area (Å²) in [6.07, 6.45) is 3.25. The molecule has 4 atom stereocenters. The summed E-state index contributed by atoms with van der Waals surface area (Å²) in [6.45, 7) is 10.2. The van der Waals surface area contributed by atoms with E-state index in [0.29, 0.717) is 32.8 Å². The fraction of sp³-hybridized carbons (Fsp3) is 0.243. The summed E-state index contributed by atoms with van der Waals surface area (Å²) in [4.78, 5) is 0. The molecule has 0 saturated carbocycles. The first-order valence-electron chi connectivity index (χ1n) is 14.2. The molecule has 0 amide bonds. The Kier molecular flexibility index (Phi) is 12.6. The van der Waals surface area contributed by atoms with Gasteiger partial charge in [0.1, 0.15) is 18.3 Å². The minimum Gasteiger partial charge on any atom is -0.369 e. The lowest BCUT2D eigenvalue weighted by molar-refractivity contribution is -0.147. The van der Waals surface area contributed by atoms with Crippen molar-refractivity contribution in [2.75, 3.05) is 0 Å². The number of rotatable bonds is 18. The van der Waals surface area contributed by atoms with Crippen LogP contribution in [0.5, 0.6) is 0 Å². The summed E-state index contributed by atoms with van der Waals surface area (Å²) in [5, 5.41) is 3.74. The molecule has 0 fully saturated rings. The van der Waals surface area contributed by atoms with Crippen molar-refractivity contribution in [1.82, 2.24) is 5.32 Å². The fourth-order valence-corrected chi connectivity index (χ4v) is 4.77. The lowest BCUT2D eigenvalue weighted by atomic mass is 9.96. The van der Waals surface area contributed by atoms with E-state index in [1.165, 1.54) is 5.56 Å². The predicted molar refractivity (Wildman–Crippen MR) is 167 cm³/mol. The highest BCUT2D eigenvalue weighted by Gasteiger charge is 2.36. The molecule has 0 spiro atoms. The fourth-order valence-electron chi connectivity index (χ4n) is 4.77. The van der Waals surface area contributed by atoms with Crippen molar-refractivity contribution >= 4 is 0 Å². The van der Waals surface area contributed by atoms with E-state index in [-0.39, 0.29) is 12.1 Å². The van der Waals surface area contributed by atoms with Gasteiger partial charge in [-0.25, -0.2) is 0 Å². The van der Waals surface area contributed by atoms with Gasteiger partial charge in [-0.15, -0.1) is 13.2 Å². The average Bonchev–Trinajstić information content (AvgIpc) is 3.04. The number of nitrogens with one attached hydrogen (secondary N) is 1. The normalized spacial score (nSPS) is 14.0. The van der Waals surface area contributed by atoms with Crippen LogP contribution in [0, 0.1) is 0 Å². The lowest BCUT2D eigenvalue weighted by Crippen LogP contribution is -2.52. The van der Waals surface area contributed by atoms with Crippen LogP contribution in [0.15, 0.2) is 147 Å². The van der Waals surface area contributed by atoms with E-state index in [1.54, 1.807) is 0 Å². The molecular formula is C37H41NO3. The Balaban J connectivity index is 1.63. The molecule has 0 unspecified atom stereocenters. The summed E-state index contributed by atoms with van der Waals surface area (Å²) in [5.74, 6) is 0. The van der Waals surface area contributed by atoms with Crippen LogP contribution in [0.25, 0.3) is 0 Å². The Morgan fingerprint density at radius 1 is 0.537 bits per heavy atom. The zero-order valence-electron chi connectivity index (χ0n) is 23.7. The van der Waals surface area contributed by atoms with E-state index in [4.69, 9.17) is 14.2 Å². The third kappa shape index (κ3) is 9.96. The molecule has 0 aliphatic heterocycles. The smallest absolute Gasteiger partial charge is 0.115 e. The highest BCUT2D eigenvalue weighted by Crippen LogP contribution is 2.23. The zero-order valence-corrected chi connectivity index (χ0v) is 23.7. The first kappa shape index (κ1) is 30.2. The highest BCUT2D eigenvalue weighted by atomic mass is 16.6. The molecule has 0 radical (unpaired) electrons. The maximum atomic E-state index is 6.75. The van der Waals surface area contributed by atoms with Crippen molar-refractivity contribution in [3.05, 3.63) is 169 Å². The largest absolute Gasteiger partial charge is 0.369 e. The summed E-state index contributed by atoms with van der Waals surface area (Å²) in [5.41, 5.74) is 4.47. The van der Waals surface area contributed by atoms with E-state index >= 15 is 0 Å². The number of ether oxygens (including phenoxy) is 3. The van der Waals surface area contributed by atoms with Gasteiger partial charge in [0.2, 0.25) is 0 Å². The van der Waals surface area contributed by atoms with E-state index in [2.05, 4.69) is 79.1 Å². The molecule has 4 rings (SSSR count). The molecule has 1 N–H and O–H groups in total. The molecule has 0 aromatic heterocycles. The molecule has 0 aliphatic carbocycles. The van der Waals surface area contributed by atoms with Crippen molar-refractivity contribution in [3.8, 4) is 0 Å². The summed E-state index contributed by atoms with van der Waals surface area (Å²) in [6, 6.07) is 40.9. The Labute approximate surface area is 245 Å². The SMILES string of the molecule is C=CC[C@@H](NCc1ccccc1)[C@@H](OCc1ccccc1)[C@@H](OCc1ccccc1)[C@@H](C=C)OCc1ccccc1. The van der Waals surface area contributed by atoms with Crippen LogP contribution in [0.2, 0.25) is 0 Å². The van der Waals surface area contributed by atoms with Crippen LogP contribution in [0.3, 0.4) is 0 Å². The molecule has 0 aliphatic rings. The summed E-state index contributed by atoms with van der Waals surface area (Å²) < 4.78 is 19.9. The second kappa shape index (κ2) is 17.1. The van der Waals surface area contributed by atoms with Crippen LogP contribution >= 0.6 is 0 Å². The van der Waals surface area contributed by atoms with E-state index < -0.39 is 12.2 Å². The summed E-state index contributed by atoms with van der Waals surface area (Å²) in [7, 11) is 0. The molecule has 41 heavy (non-hydrogen) atoms. The average molecular weight is 548 g/mol. The van der Waals surface area contributed by atoms with Crippen molar-refractivity contribution in [2.24, 2.45) is 0 Å². The van der Waals surface area contributed by atoms with Gasteiger partial charge in [-0.1, -0.05) is 133 Å². The first-order chi connectivity index (χ1) is 20.3. The van der Waals surface area contributed by atoms with Gasteiger partial charge >= 0.3 is 0 Å². The third-order valence-corrected chi connectivity index (χ3v) is 6.96. The van der Waals surface area contributed by atoms with E-state index in [9.17, 15) is 0 Å². The van der Waals surface area contributed by atoms with Gasteiger partial charge in [0, 0.05) is 12.6 Å². The Morgan fingerprint density at radius 2 is 0.951 bits per heavy atom. The molecule has 0 heterocycles. The second-order valence-electron chi connectivity index (χ2n) is 10.0. The lowest BCUT2D eigenvalue weighted by Gasteiger charge is -2.37. The monoisotopic (exact) mass is 547 g/mol. The quantitative estimate of drug-likeness (QED) is 0.130. The zero-order chi connectivity index (χ0) is 28.5. The minimum atomic E-state index is -0.437. The standard InChI is InChI=1S/C37H41NO3/c1-3-17-34(38-26-30-18-9-5-10-19-30)36(40-28-32-22-13-7-14-23-32)37(41-29-33-24-15-8-16-25-33)35(4-2)39-27-31-20-11-6-12-21-31/h3-16,18-25,34-38H,1-2,17,26-29H2/t34-,35-,36-,37+/m1/s1. The maximum Gasteiger partial charge on any atom is 0.115 e. The molecule has 0 saturated heterocycles. The van der Waals surface area contributed by atoms with Crippen molar-refractivity contribution in [3.63, 3.8) is 0 Å². The van der Waals surface area contributed by atoms with Gasteiger partial charge in [0.05, 0.1) is 19.8 Å². The molecule has 4 nitrogen and oxygen atoms in total. The van der Waals surface area contributed by atoms with Gasteiger partial charge < -0.3 is 19.5 Å². The third-order valence-electron chi connectivity index (χ3n) is 6.96. The van der Waals surface area contributed by atoms with Crippen LogP contribution < -0.4 is 5.32 Å². The van der Waals surface area contributed by atoms with Gasteiger partial charge in [-0.05, 0) is 28.7 Å². The molecule has 4 aromatic rings. The van der Waals surface area contributed by atoms with E-state index in [1.807, 2.05) is 72.8 Å². The second-order valence-corrected chi connectivity index (χ2v) is 10.0. The Hall–Kier alpha value is -3.80.